The number of nitrogens with zero attached hydrogens (tertiary/aromatic N) is 2. The number of carbonyl (C=O) groups is 1. The highest BCUT2D eigenvalue weighted by molar-refractivity contribution is 5.67. The van der Waals surface area contributed by atoms with Crippen molar-refractivity contribution in [2.75, 3.05) is 21.3 Å². The Bertz CT molecular complexity index is 1720. The maximum Gasteiger partial charge on any atom is 0.408 e. The zero-order chi connectivity index (χ0) is 32.9. The molecule has 1 fully saturated rings. The number of ether oxygens (including phenoxy) is 5. The second kappa shape index (κ2) is 11.5. The highest BCUT2D eigenvalue weighted by Crippen LogP contribution is 2.72. The molecular formula is C34H37N3O9. The van der Waals surface area contributed by atoms with Crippen molar-refractivity contribution in [1.82, 2.24) is 15.5 Å². The third kappa shape index (κ3) is 4.88. The fourth-order valence-electron chi connectivity index (χ4n) is 6.71. The lowest BCUT2D eigenvalue weighted by Crippen LogP contribution is -2.52. The fraction of sp³-hybridized carbons (Fsp3) is 0.382. The number of rotatable bonds is 8. The number of aromatic nitrogens is 2. The van der Waals surface area contributed by atoms with E-state index in [1.165, 1.54) is 14.2 Å². The molecule has 3 aromatic carbocycles. The van der Waals surface area contributed by atoms with Gasteiger partial charge in [-0.2, -0.15) is 0 Å². The van der Waals surface area contributed by atoms with Crippen LogP contribution >= 0.6 is 0 Å². The second-order valence-electron chi connectivity index (χ2n) is 12.3. The van der Waals surface area contributed by atoms with Gasteiger partial charge >= 0.3 is 6.09 Å². The SMILES string of the molecule is COc1ccc([C@@]23Oc4cc(OC)cc(OC)c4[C@]2(O)[C@@H](O)[C@@H](c2nnc(CNC(=O)OC(C)(C)C)o2)[C@H]3c2ccccc2)cc1. The van der Waals surface area contributed by atoms with Crippen LogP contribution in [0.5, 0.6) is 23.0 Å². The molecule has 12 heteroatoms. The highest BCUT2D eigenvalue weighted by atomic mass is 16.6. The van der Waals surface area contributed by atoms with Gasteiger partial charge in [0.15, 0.2) is 11.2 Å². The molecule has 1 aromatic heterocycles. The summed E-state index contributed by atoms with van der Waals surface area (Å²) in [6.45, 7) is 5.16. The molecule has 46 heavy (non-hydrogen) atoms. The first-order valence-electron chi connectivity index (χ1n) is 14.8. The summed E-state index contributed by atoms with van der Waals surface area (Å²) in [7, 11) is 4.56. The summed E-state index contributed by atoms with van der Waals surface area (Å²) in [6.07, 6.45) is -2.19. The van der Waals surface area contributed by atoms with E-state index in [2.05, 4.69) is 15.5 Å². The van der Waals surface area contributed by atoms with Crippen LogP contribution in [0.2, 0.25) is 0 Å². The first-order chi connectivity index (χ1) is 22.0. The number of fused-ring (bicyclic) bond motifs is 3. The maximum absolute atomic E-state index is 13.1. The van der Waals surface area contributed by atoms with Crippen LogP contribution in [0.4, 0.5) is 4.79 Å². The number of amides is 1. The van der Waals surface area contributed by atoms with E-state index in [-0.39, 0.29) is 29.6 Å². The minimum atomic E-state index is -2.09. The Morgan fingerprint density at radius 2 is 1.65 bits per heavy atom. The van der Waals surface area contributed by atoms with Gasteiger partial charge in [0, 0.05) is 18.1 Å². The smallest absolute Gasteiger partial charge is 0.408 e. The summed E-state index contributed by atoms with van der Waals surface area (Å²) in [6, 6.07) is 19.8. The lowest BCUT2D eigenvalue weighted by Gasteiger charge is -2.40. The van der Waals surface area contributed by atoms with Crippen LogP contribution in [0.25, 0.3) is 0 Å². The largest absolute Gasteiger partial charge is 0.497 e. The van der Waals surface area contributed by atoms with Gasteiger partial charge in [0.25, 0.3) is 0 Å². The molecule has 1 aliphatic heterocycles. The average Bonchev–Trinajstić information content (AvgIpc) is 3.67. The van der Waals surface area contributed by atoms with Gasteiger partial charge in [0.2, 0.25) is 11.8 Å². The summed E-state index contributed by atoms with van der Waals surface area (Å²) in [4.78, 5) is 12.3. The summed E-state index contributed by atoms with van der Waals surface area (Å²) in [5.41, 5.74) is -2.85. The lowest BCUT2D eigenvalue weighted by molar-refractivity contribution is -0.151. The Balaban J connectivity index is 1.53. The van der Waals surface area contributed by atoms with Crippen LogP contribution in [0.1, 0.15) is 61.1 Å². The Hall–Kier alpha value is -4.81. The molecule has 0 spiro atoms. The monoisotopic (exact) mass is 631 g/mol. The maximum atomic E-state index is 13.1. The average molecular weight is 632 g/mol. The number of aliphatic hydroxyl groups is 2. The van der Waals surface area contributed by atoms with Crippen LogP contribution in [0, 0.1) is 0 Å². The predicted octanol–water partition coefficient (Wildman–Crippen LogP) is 4.54. The van der Waals surface area contributed by atoms with E-state index in [1.807, 2.05) is 30.3 Å². The molecule has 0 saturated heterocycles. The van der Waals surface area contributed by atoms with E-state index in [9.17, 15) is 15.0 Å². The molecule has 6 rings (SSSR count). The van der Waals surface area contributed by atoms with Crippen LogP contribution in [-0.2, 0) is 22.5 Å². The fourth-order valence-corrected chi connectivity index (χ4v) is 6.71. The quantitative estimate of drug-likeness (QED) is 0.251. The first kappa shape index (κ1) is 31.2. The molecule has 5 atom stereocenters. The summed E-state index contributed by atoms with van der Waals surface area (Å²) in [5.74, 6) is -0.00207. The van der Waals surface area contributed by atoms with Gasteiger partial charge in [-0.25, -0.2) is 4.79 Å². The van der Waals surface area contributed by atoms with Crippen molar-refractivity contribution in [3.05, 3.63) is 95.2 Å². The molecule has 4 aromatic rings. The standard InChI is InChI=1S/C34H37N3O9/c1-32(2,3)46-31(39)35-18-25-36-37-30(44-25)26-27(19-10-8-7-9-11-19)34(20-12-14-21(41-4)15-13-20)33(40,29(26)38)28-23(43-6)16-22(42-5)17-24(28)45-34/h7-17,26-27,29,38,40H,18H2,1-6H3,(H,35,39)/t26-,27+,29-,33-,34-/m0/s1. The van der Waals surface area contributed by atoms with Gasteiger partial charge in [0.1, 0.15) is 34.7 Å². The Kier molecular flexibility index (Phi) is 7.81. The predicted molar refractivity (Wildman–Crippen MR) is 164 cm³/mol. The third-order valence-electron chi connectivity index (χ3n) is 8.51. The molecule has 0 radical (unpaired) electrons. The molecule has 242 valence electrons. The van der Waals surface area contributed by atoms with E-state index in [0.717, 1.165) is 5.56 Å². The Morgan fingerprint density at radius 1 is 0.957 bits per heavy atom. The highest BCUT2D eigenvalue weighted by Gasteiger charge is 2.78. The van der Waals surface area contributed by atoms with Crippen molar-refractivity contribution in [2.24, 2.45) is 0 Å². The van der Waals surface area contributed by atoms with Crippen molar-refractivity contribution in [3.63, 3.8) is 0 Å². The molecular weight excluding hydrogens is 594 g/mol. The summed E-state index contributed by atoms with van der Waals surface area (Å²) >= 11 is 0. The van der Waals surface area contributed by atoms with Gasteiger partial charge in [-0.3, -0.25) is 0 Å². The Labute approximate surface area is 266 Å². The molecule has 2 aliphatic rings. The minimum Gasteiger partial charge on any atom is -0.497 e. The van der Waals surface area contributed by atoms with Crippen molar-refractivity contribution < 1.29 is 43.1 Å². The van der Waals surface area contributed by atoms with Crippen LogP contribution in [-0.4, -0.2) is 59.5 Å². The molecule has 3 N–H and O–H groups in total. The van der Waals surface area contributed by atoms with Crippen molar-refractivity contribution in [3.8, 4) is 23.0 Å². The van der Waals surface area contributed by atoms with Gasteiger partial charge in [-0.1, -0.05) is 42.5 Å². The molecule has 1 amide bonds. The van der Waals surface area contributed by atoms with E-state index in [4.69, 9.17) is 28.1 Å². The lowest BCUT2D eigenvalue weighted by atomic mass is 9.70. The molecule has 1 saturated carbocycles. The van der Waals surface area contributed by atoms with E-state index < -0.39 is 40.8 Å². The first-order valence-corrected chi connectivity index (χ1v) is 14.8. The molecule has 0 unspecified atom stereocenters. The van der Waals surface area contributed by atoms with Gasteiger partial charge in [0.05, 0.1) is 39.4 Å². The summed E-state index contributed by atoms with van der Waals surface area (Å²) in [5, 5.41) is 36.6. The van der Waals surface area contributed by atoms with E-state index in [1.54, 1.807) is 64.3 Å². The zero-order valence-electron chi connectivity index (χ0n) is 26.4. The van der Waals surface area contributed by atoms with Crippen LogP contribution < -0.4 is 24.3 Å². The molecule has 1 aliphatic carbocycles. The third-order valence-corrected chi connectivity index (χ3v) is 8.51. The van der Waals surface area contributed by atoms with E-state index in [0.29, 0.717) is 22.8 Å². The van der Waals surface area contributed by atoms with Crippen LogP contribution in [0.15, 0.2) is 71.1 Å². The Morgan fingerprint density at radius 3 is 2.28 bits per heavy atom. The number of carbonyl (C=O) groups excluding carboxylic acids is 1. The number of alkyl carbamates (subject to hydrolysis) is 1. The van der Waals surface area contributed by atoms with Gasteiger partial charge in [-0.15, -0.1) is 10.2 Å². The van der Waals surface area contributed by atoms with E-state index >= 15 is 0 Å². The molecule has 0 bridgehead atoms. The number of methoxy groups -OCH3 is 3. The molecule has 2 heterocycles. The number of hydrogen-bond donors (Lipinski definition) is 3. The number of benzene rings is 3. The summed E-state index contributed by atoms with van der Waals surface area (Å²) < 4.78 is 35.0. The minimum absolute atomic E-state index is 0.0516. The number of hydrogen-bond acceptors (Lipinski definition) is 11. The van der Waals surface area contributed by atoms with Crippen LogP contribution in [0.3, 0.4) is 0 Å². The van der Waals surface area contributed by atoms with Crippen molar-refractivity contribution in [1.29, 1.82) is 0 Å². The normalized spacial score (nSPS) is 24.8. The van der Waals surface area contributed by atoms with Crippen molar-refractivity contribution >= 4 is 6.09 Å². The number of aliphatic hydroxyl groups excluding tert-OH is 1. The zero-order valence-corrected chi connectivity index (χ0v) is 26.4. The topological polar surface area (TPSA) is 155 Å². The van der Waals surface area contributed by atoms with Gasteiger partial charge in [-0.05, 0) is 44.0 Å². The van der Waals surface area contributed by atoms with Gasteiger partial charge < -0.3 is 43.6 Å². The number of nitrogens with one attached hydrogen (secondary N) is 1. The molecule has 12 nitrogen and oxygen atoms in total. The van der Waals surface area contributed by atoms with Crippen molar-refractivity contribution in [2.45, 2.75) is 62.1 Å². The second-order valence-corrected chi connectivity index (χ2v) is 12.3.